The number of hydrogen-bond acceptors (Lipinski definition) is 2. The molecule has 0 spiro atoms. The van der Waals surface area contributed by atoms with Crippen LogP contribution in [0.4, 0.5) is 0 Å². The van der Waals surface area contributed by atoms with E-state index in [0.717, 1.165) is 34.0 Å². The molecule has 0 radical (unpaired) electrons. The molecule has 0 atom stereocenters. The second kappa shape index (κ2) is 5.32. The SMILES string of the molecule is Cc1ccc(-c2ccc(CNC3CC3)c(Cl)c2)cn1. The zero-order valence-electron chi connectivity index (χ0n) is 11.0. The van der Waals surface area contributed by atoms with Crippen molar-refractivity contribution in [3.63, 3.8) is 0 Å². The first-order valence-electron chi connectivity index (χ1n) is 6.67. The zero-order valence-corrected chi connectivity index (χ0v) is 11.7. The van der Waals surface area contributed by atoms with E-state index < -0.39 is 0 Å². The van der Waals surface area contributed by atoms with Gasteiger partial charge in [-0.1, -0.05) is 29.8 Å². The maximum Gasteiger partial charge on any atom is 0.0457 e. The topological polar surface area (TPSA) is 24.9 Å². The number of hydrogen-bond donors (Lipinski definition) is 1. The van der Waals surface area contributed by atoms with E-state index >= 15 is 0 Å². The minimum Gasteiger partial charge on any atom is -0.310 e. The number of aromatic nitrogens is 1. The minimum atomic E-state index is 0.706. The van der Waals surface area contributed by atoms with Gasteiger partial charge in [-0.05, 0) is 43.0 Å². The molecule has 0 saturated heterocycles. The summed E-state index contributed by atoms with van der Waals surface area (Å²) in [6.07, 6.45) is 4.48. The van der Waals surface area contributed by atoms with Gasteiger partial charge < -0.3 is 5.32 Å². The summed E-state index contributed by atoms with van der Waals surface area (Å²) >= 11 is 6.35. The third kappa shape index (κ3) is 3.14. The Morgan fingerprint density at radius 3 is 2.63 bits per heavy atom. The third-order valence-corrected chi connectivity index (χ3v) is 3.81. The largest absolute Gasteiger partial charge is 0.310 e. The molecule has 1 aliphatic rings. The maximum absolute atomic E-state index is 6.35. The molecule has 0 bridgehead atoms. The Morgan fingerprint density at radius 2 is 2.00 bits per heavy atom. The quantitative estimate of drug-likeness (QED) is 0.911. The summed E-state index contributed by atoms with van der Waals surface area (Å²) in [5, 5.41) is 4.31. The van der Waals surface area contributed by atoms with Crippen LogP contribution in [0, 0.1) is 6.92 Å². The molecule has 1 aliphatic carbocycles. The Morgan fingerprint density at radius 1 is 1.21 bits per heavy atom. The van der Waals surface area contributed by atoms with E-state index in [4.69, 9.17) is 11.6 Å². The molecule has 2 aromatic rings. The normalized spacial score (nSPS) is 14.6. The third-order valence-electron chi connectivity index (χ3n) is 3.46. The van der Waals surface area contributed by atoms with Crippen molar-refractivity contribution in [2.45, 2.75) is 32.4 Å². The molecule has 3 heteroatoms. The van der Waals surface area contributed by atoms with Crippen molar-refractivity contribution in [2.75, 3.05) is 0 Å². The molecular formula is C16H17ClN2. The van der Waals surface area contributed by atoms with Crippen molar-refractivity contribution < 1.29 is 0 Å². The molecule has 1 fully saturated rings. The lowest BCUT2D eigenvalue weighted by Gasteiger charge is -2.08. The van der Waals surface area contributed by atoms with Gasteiger partial charge in [0.25, 0.3) is 0 Å². The highest BCUT2D eigenvalue weighted by molar-refractivity contribution is 6.31. The van der Waals surface area contributed by atoms with Crippen LogP contribution in [0.5, 0.6) is 0 Å². The highest BCUT2D eigenvalue weighted by Crippen LogP contribution is 2.26. The molecule has 98 valence electrons. The molecule has 1 heterocycles. The highest BCUT2D eigenvalue weighted by atomic mass is 35.5. The molecule has 0 amide bonds. The maximum atomic E-state index is 6.35. The van der Waals surface area contributed by atoms with Gasteiger partial charge in [-0.2, -0.15) is 0 Å². The van der Waals surface area contributed by atoms with Gasteiger partial charge in [-0.15, -0.1) is 0 Å². The summed E-state index contributed by atoms with van der Waals surface area (Å²) in [6, 6.07) is 11.0. The lowest BCUT2D eigenvalue weighted by Crippen LogP contribution is -2.15. The highest BCUT2D eigenvalue weighted by Gasteiger charge is 2.20. The summed E-state index contributed by atoms with van der Waals surface area (Å²) in [6.45, 7) is 2.85. The van der Waals surface area contributed by atoms with E-state index in [1.54, 1.807) is 0 Å². The summed E-state index contributed by atoms with van der Waals surface area (Å²) in [7, 11) is 0. The second-order valence-electron chi connectivity index (χ2n) is 5.15. The molecular weight excluding hydrogens is 256 g/mol. The van der Waals surface area contributed by atoms with Crippen molar-refractivity contribution in [2.24, 2.45) is 0 Å². The molecule has 1 N–H and O–H groups in total. The molecule has 3 rings (SSSR count). The van der Waals surface area contributed by atoms with Gasteiger partial charge in [0.1, 0.15) is 0 Å². The smallest absolute Gasteiger partial charge is 0.0457 e. The van der Waals surface area contributed by atoms with E-state index in [2.05, 4.69) is 28.5 Å². The Labute approximate surface area is 118 Å². The van der Waals surface area contributed by atoms with Crippen LogP contribution in [0.15, 0.2) is 36.5 Å². The first-order chi connectivity index (χ1) is 9.22. The molecule has 1 aromatic heterocycles. The fourth-order valence-corrected chi connectivity index (χ4v) is 2.30. The number of nitrogens with one attached hydrogen (secondary N) is 1. The Bertz CT molecular complexity index is 574. The fourth-order valence-electron chi connectivity index (χ4n) is 2.05. The Balaban J connectivity index is 1.79. The number of halogens is 1. The zero-order chi connectivity index (χ0) is 13.2. The lowest BCUT2D eigenvalue weighted by molar-refractivity contribution is 0.688. The van der Waals surface area contributed by atoms with Gasteiger partial charge in [0.15, 0.2) is 0 Å². The summed E-state index contributed by atoms with van der Waals surface area (Å²) in [4.78, 5) is 4.32. The Kier molecular flexibility index (Phi) is 3.54. The molecule has 1 saturated carbocycles. The molecule has 0 aliphatic heterocycles. The molecule has 19 heavy (non-hydrogen) atoms. The van der Waals surface area contributed by atoms with Crippen LogP contribution in [0.3, 0.4) is 0 Å². The summed E-state index contributed by atoms with van der Waals surface area (Å²) < 4.78 is 0. The van der Waals surface area contributed by atoms with Gasteiger partial charge in [-0.25, -0.2) is 0 Å². The standard InChI is InChI=1S/C16H17ClN2/c1-11-2-3-13(9-18-11)12-4-5-14(16(17)8-12)10-19-15-6-7-15/h2-5,8-9,15,19H,6-7,10H2,1H3. The number of aryl methyl sites for hydroxylation is 1. The lowest BCUT2D eigenvalue weighted by atomic mass is 10.1. The van der Waals surface area contributed by atoms with Crippen LogP contribution in [0.25, 0.3) is 11.1 Å². The van der Waals surface area contributed by atoms with Crippen molar-refractivity contribution >= 4 is 11.6 Å². The van der Waals surface area contributed by atoms with Crippen LogP contribution in [-0.2, 0) is 6.54 Å². The number of pyridine rings is 1. The average Bonchev–Trinajstić information content (AvgIpc) is 3.22. The van der Waals surface area contributed by atoms with Crippen LogP contribution in [0.2, 0.25) is 5.02 Å². The van der Waals surface area contributed by atoms with E-state index in [1.165, 1.54) is 12.8 Å². The molecule has 0 unspecified atom stereocenters. The average molecular weight is 273 g/mol. The van der Waals surface area contributed by atoms with E-state index in [0.29, 0.717) is 6.04 Å². The van der Waals surface area contributed by atoms with Gasteiger partial charge in [-0.3, -0.25) is 4.98 Å². The number of rotatable bonds is 4. The molecule has 2 nitrogen and oxygen atoms in total. The van der Waals surface area contributed by atoms with Crippen LogP contribution >= 0.6 is 11.6 Å². The number of benzene rings is 1. The van der Waals surface area contributed by atoms with Crippen LogP contribution in [-0.4, -0.2) is 11.0 Å². The first kappa shape index (κ1) is 12.6. The van der Waals surface area contributed by atoms with E-state index in [-0.39, 0.29) is 0 Å². The van der Waals surface area contributed by atoms with Gasteiger partial charge >= 0.3 is 0 Å². The predicted molar refractivity (Wildman–Crippen MR) is 79.3 cm³/mol. The van der Waals surface area contributed by atoms with Crippen LogP contribution < -0.4 is 5.32 Å². The van der Waals surface area contributed by atoms with E-state index in [9.17, 15) is 0 Å². The minimum absolute atomic E-state index is 0.706. The predicted octanol–water partition coefficient (Wildman–Crippen LogP) is 3.96. The fraction of sp³-hybridized carbons (Fsp3) is 0.312. The van der Waals surface area contributed by atoms with E-state index in [1.807, 2.05) is 25.3 Å². The monoisotopic (exact) mass is 272 g/mol. The second-order valence-corrected chi connectivity index (χ2v) is 5.56. The van der Waals surface area contributed by atoms with Crippen molar-refractivity contribution in [3.05, 3.63) is 52.8 Å². The van der Waals surface area contributed by atoms with Crippen molar-refractivity contribution in [1.29, 1.82) is 0 Å². The van der Waals surface area contributed by atoms with Crippen LogP contribution in [0.1, 0.15) is 24.1 Å². The number of nitrogens with zero attached hydrogens (tertiary/aromatic N) is 1. The summed E-state index contributed by atoms with van der Waals surface area (Å²) in [5.41, 5.74) is 4.42. The first-order valence-corrected chi connectivity index (χ1v) is 7.05. The van der Waals surface area contributed by atoms with Crippen molar-refractivity contribution in [3.8, 4) is 11.1 Å². The van der Waals surface area contributed by atoms with Gasteiger partial charge in [0.05, 0.1) is 0 Å². The van der Waals surface area contributed by atoms with Gasteiger partial charge in [0, 0.05) is 35.1 Å². The van der Waals surface area contributed by atoms with Gasteiger partial charge in [0.2, 0.25) is 0 Å². The Hall–Kier alpha value is -1.38. The van der Waals surface area contributed by atoms with Crippen molar-refractivity contribution in [1.82, 2.24) is 10.3 Å². The summed E-state index contributed by atoms with van der Waals surface area (Å²) in [5.74, 6) is 0. The molecule has 1 aromatic carbocycles.